The second kappa shape index (κ2) is 7.01. The first-order valence-electron chi connectivity index (χ1n) is 7.65. The maximum absolute atomic E-state index is 12.1. The topological polar surface area (TPSA) is 125 Å². The normalized spacial score (nSPS) is 11.1. The molecule has 1 N–H and O–H groups in total. The third-order valence-corrected chi connectivity index (χ3v) is 3.74. The van der Waals surface area contributed by atoms with Crippen LogP contribution in [0.5, 0.6) is 5.75 Å². The molecule has 2 aromatic carbocycles. The summed E-state index contributed by atoms with van der Waals surface area (Å²) < 4.78 is 1.74. The van der Waals surface area contributed by atoms with Crippen molar-refractivity contribution >= 4 is 28.8 Å². The van der Waals surface area contributed by atoms with Crippen LogP contribution in [0.4, 0.5) is 5.69 Å². The van der Waals surface area contributed by atoms with Gasteiger partial charge in [0, 0.05) is 12.1 Å². The fourth-order valence-corrected chi connectivity index (χ4v) is 2.50. The molecule has 3 aromatic rings. The minimum atomic E-state index is -0.609. The first kappa shape index (κ1) is 17.1. The Morgan fingerprint density at radius 3 is 2.88 bits per heavy atom. The predicted octanol–water partition coefficient (Wildman–Crippen LogP) is 1.48. The summed E-state index contributed by atoms with van der Waals surface area (Å²) in [7, 11) is 0. The Kier molecular flexibility index (Phi) is 4.61. The molecule has 0 aliphatic carbocycles. The average molecular weight is 352 g/mol. The van der Waals surface area contributed by atoms with E-state index in [1.165, 1.54) is 0 Å². The minimum Gasteiger partial charge on any atom is -0.872 e. The van der Waals surface area contributed by atoms with Crippen LogP contribution in [0.2, 0.25) is 0 Å². The molecule has 0 bridgehead atoms. The number of carbonyl (C=O) groups is 1. The molecular weight excluding hydrogens is 338 g/mol. The second-order valence-electron chi connectivity index (χ2n) is 5.51. The summed E-state index contributed by atoms with van der Waals surface area (Å²) in [5, 5.41) is 26.1. The predicted molar refractivity (Wildman–Crippen MR) is 92.7 cm³/mol. The van der Waals surface area contributed by atoms with Crippen LogP contribution in [-0.4, -0.2) is 26.6 Å². The highest BCUT2D eigenvalue weighted by Gasteiger charge is 2.10. The highest BCUT2D eigenvalue weighted by molar-refractivity contribution is 5.86. The van der Waals surface area contributed by atoms with Crippen molar-refractivity contribution in [2.24, 2.45) is 5.10 Å². The van der Waals surface area contributed by atoms with Gasteiger partial charge in [0.1, 0.15) is 12.4 Å². The van der Waals surface area contributed by atoms with Gasteiger partial charge in [-0.25, -0.2) is 10.4 Å². The minimum absolute atomic E-state index is 0.00283. The summed E-state index contributed by atoms with van der Waals surface area (Å²) >= 11 is 0. The van der Waals surface area contributed by atoms with Crippen LogP contribution in [0.1, 0.15) is 11.4 Å². The number of fused-ring (bicyclic) bond motifs is 1. The smallest absolute Gasteiger partial charge is 0.270 e. The quantitative estimate of drug-likeness (QED) is 0.423. The maximum Gasteiger partial charge on any atom is 0.270 e. The number of amides is 1. The van der Waals surface area contributed by atoms with E-state index >= 15 is 0 Å². The summed E-state index contributed by atoms with van der Waals surface area (Å²) in [6.07, 6.45) is 1.09. The third-order valence-electron chi connectivity index (χ3n) is 3.74. The Morgan fingerprint density at radius 1 is 1.35 bits per heavy atom. The van der Waals surface area contributed by atoms with Gasteiger partial charge >= 0.3 is 0 Å². The summed E-state index contributed by atoms with van der Waals surface area (Å²) in [6, 6.07) is 10.7. The number of hydrazone groups is 1. The van der Waals surface area contributed by atoms with E-state index in [-0.39, 0.29) is 17.8 Å². The van der Waals surface area contributed by atoms with Crippen molar-refractivity contribution < 1.29 is 14.8 Å². The molecule has 0 radical (unpaired) electrons. The molecule has 26 heavy (non-hydrogen) atoms. The van der Waals surface area contributed by atoms with Crippen molar-refractivity contribution in [3.63, 3.8) is 0 Å². The Labute approximate surface area is 147 Å². The number of hydrogen-bond donors (Lipinski definition) is 1. The molecule has 1 heterocycles. The van der Waals surface area contributed by atoms with E-state index in [1.807, 2.05) is 24.3 Å². The zero-order chi connectivity index (χ0) is 18.7. The second-order valence-corrected chi connectivity index (χ2v) is 5.51. The first-order valence-corrected chi connectivity index (χ1v) is 7.65. The Bertz CT molecular complexity index is 1030. The number of imidazole rings is 1. The van der Waals surface area contributed by atoms with Crippen LogP contribution in [0, 0.1) is 17.0 Å². The van der Waals surface area contributed by atoms with Crippen molar-refractivity contribution in [3.8, 4) is 5.75 Å². The number of nitro groups is 1. The molecule has 132 valence electrons. The largest absolute Gasteiger partial charge is 0.872 e. The number of nitrogens with one attached hydrogen (secondary N) is 1. The van der Waals surface area contributed by atoms with E-state index in [1.54, 1.807) is 11.5 Å². The van der Waals surface area contributed by atoms with Crippen molar-refractivity contribution in [2.75, 3.05) is 0 Å². The number of nitrogens with zero attached hydrogens (tertiary/aromatic N) is 4. The number of nitro benzene ring substituents is 1. The van der Waals surface area contributed by atoms with E-state index in [2.05, 4.69) is 15.5 Å². The summed E-state index contributed by atoms with van der Waals surface area (Å²) in [5.41, 5.74) is 3.71. The lowest BCUT2D eigenvalue weighted by atomic mass is 10.2. The monoisotopic (exact) mass is 352 g/mol. The van der Waals surface area contributed by atoms with Gasteiger partial charge in [-0.2, -0.15) is 5.10 Å². The van der Waals surface area contributed by atoms with Gasteiger partial charge in [-0.05, 0) is 24.6 Å². The fourth-order valence-electron chi connectivity index (χ4n) is 2.50. The van der Waals surface area contributed by atoms with Gasteiger partial charge < -0.3 is 9.67 Å². The number of para-hydroxylation sites is 2. The van der Waals surface area contributed by atoms with E-state index < -0.39 is 16.6 Å². The van der Waals surface area contributed by atoms with E-state index in [4.69, 9.17) is 0 Å². The zero-order valence-corrected chi connectivity index (χ0v) is 13.7. The molecule has 9 nitrogen and oxygen atoms in total. The van der Waals surface area contributed by atoms with Crippen molar-refractivity contribution in [1.82, 2.24) is 15.0 Å². The fraction of sp³-hybridized carbons (Fsp3) is 0.118. The summed E-state index contributed by atoms with van der Waals surface area (Å²) in [6.45, 7) is 1.80. The molecule has 0 saturated heterocycles. The number of aromatic nitrogens is 2. The Balaban J connectivity index is 1.71. The maximum atomic E-state index is 12.1. The molecule has 0 aliphatic heterocycles. The number of carbonyl (C=O) groups excluding carboxylic acids is 1. The lowest BCUT2D eigenvalue weighted by Gasteiger charge is -2.09. The highest BCUT2D eigenvalue weighted by atomic mass is 16.6. The van der Waals surface area contributed by atoms with Crippen molar-refractivity contribution in [1.29, 1.82) is 0 Å². The standard InChI is InChI=1S/C17H15N5O4/c1-11-19-14-4-2-3-5-15(14)21(11)10-17(24)20-18-9-12-8-13(22(25)26)6-7-16(12)23/h2-9,23H,10H2,1H3,(H,20,24)/p-1/b18-9-. The number of aryl methyl sites for hydroxylation is 1. The van der Waals surface area contributed by atoms with Crippen LogP contribution < -0.4 is 10.5 Å². The van der Waals surface area contributed by atoms with Gasteiger partial charge in [0.2, 0.25) is 0 Å². The number of rotatable bonds is 5. The first-order chi connectivity index (χ1) is 12.5. The number of hydrogen-bond acceptors (Lipinski definition) is 6. The van der Waals surface area contributed by atoms with E-state index in [9.17, 15) is 20.0 Å². The zero-order valence-electron chi connectivity index (χ0n) is 13.7. The summed E-state index contributed by atoms with van der Waals surface area (Å²) in [5.74, 6) is -0.152. The molecule has 0 unspecified atom stereocenters. The van der Waals surface area contributed by atoms with Crippen LogP contribution in [0.15, 0.2) is 47.6 Å². The van der Waals surface area contributed by atoms with Gasteiger partial charge in [0.05, 0.1) is 22.2 Å². The highest BCUT2D eigenvalue weighted by Crippen LogP contribution is 2.19. The molecule has 9 heteroatoms. The average Bonchev–Trinajstić information content (AvgIpc) is 2.92. The molecule has 0 spiro atoms. The van der Waals surface area contributed by atoms with Gasteiger partial charge in [-0.1, -0.05) is 23.9 Å². The third kappa shape index (κ3) is 3.51. The van der Waals surface area contributed by atoms with Gasteiger partial charge in [0.15, 0.2) is 0 Å². The van der Waals surface area contributed by atoms with Crippen LogP contribution in [0.25, 0.3) is 11.0 Å². The van der Waals surface area contributed by atoms with E-state index in [0.717, 1.165) is 35.4 Å². The molecule has 1 aromatic heterocycles. The van der Waals surface area contributed by atoms with Crippen LogP contribution in [0.3, 0.4) is 0 Å². The summed E-state index contributed by atoms with van der Waals surface area (Å²) in [4.78, 5) is 26.6. The van der Waals surface area contributed by atoms with Gasteiger partial charge in [-0.15, -0.1) is 0 Å². The van der Waals surface area contributed by atoms with Crippen LogP contribution in [-0.2, 0) is 11.3 Å². The molecule has 1 amide bonds. The molecular formula is C17H14N5O4-. The van der Waals surface area contributed by atoms with Gasteiger partial charge in [-0.3, -0.25) is 14.9 Å². The Hall–Kier alpha value is -3.75. The molecule has 0 saturated carbocycles. The molecule has 0 aliphatic rings. The molecule has 3 rings (SSSR count). The van der Waals surface area contributed by atoms with Gasteiger partial charge in [0.25, 0.3) is 11.6 Å². The Morgan fingerprint density at radius 2 is 2.12 bits per heavy atom. The lowest BCUT2D eigenvalue weighted by molar-refractivity contribution is -0.385. The number of benzene rings is 2. The SMILES string of the molecule is Cc1nc2ccccc2n1CC(=O)N/N=C\c1cc([N+](=O)[O-])ccc1[O-]. The molecule has 0 atom stereocenters. The number of non-ortho nitro benzene ring substituents is 1. The van der Waals surface area contributed by atoms with Crippen LogP contribution >= 0.6 is 0 Å². The van der Waals surface area contributed by atoms with Crippen molar-refractivity contribution in [2.45, 2.75) is 13.5 Å². The van der Waals surface area contributed by atoms with Crippen molar-refractivity contribution in [3.05, 3.63) is 64.0 Å². The lowest BCUT2D eigenvalue weighted by Crippen LogP contribution is -2.23. The molecule has 0 fully saturated rings. The van der Waals surface area contributed by atoms with E-state index in [0.29, 0.717) is 5.82 Å².